The first-order chi connectivity index (χ1) is 4.93. The first-order valence-corrected chi connectivity index (χ1v) is 3.01. The van der Waals surface area contributed by atoms with Crippen molar-refractivity contribution in [3.63, 3.8) is 0 Å². The topological polar surface area (TPSA) is 18.5 Å². The molecule has 0 atom stereocenters. The molecule has 0 heterocycles. The van der Waals surface area contributed by atoms with Crippen LogP contribution in [0.4, 0.5) is 0 Å². The first-order valence-electron chi connectivity index (χ1n) is 3.01. The van der Waals surface area contributed by atoms with Gasteiger partial charge in [0.05, 0.1) is 0 Å². The standard InChI is InChI=1S/C8H9O2.Li.H/c1-9-7-10-8-5-3-2-4-6-8;;/h2-3,5-6H,7H2,1H3;;. The zero-order chi connectivity index (χ0) is 7.23. The molecular formula is C8H10LiO2. The van der Waals surface area contributed by atoms with Crippen LogP contribution in [0.15, 0.2) is 24.3 Å². The van der Waals surface area contributed by atoms with E-state index in [1.165, 1.54) is 0 Å². The molecule has 55 valence electrons. The average Bonchev–Trinajstić information content (AvgIpc) is 2.03. The second kappa shape index (κ2) is 6.30. The van der Waals surface area contributed by atoms with Gasteiger partial charge in [-0.25, -0.2) is 0 Å². The summed E-state index contributed by atoms with van der Waals surface area (Å²) in [4.78, 5) is 0. The van der Waals surface area contributed by atoms with Gasteiger partial charge in [0.2, 0.25) is 0 Å². The third-order valence-electron chi connectivity index (χ3n) is 1.02. The summed E-state index contributed by atoms with van der Waals surface area (Å²) in [6, 6.07) is 10.2. The summed E-state index contributed by atoms with van der Waals surface area (Å²) in [6.45, 7) is 0.290. The van der Waals surface area contributed by atoms with Gasteiger partial charge in [0.15, 0.2) is 6.79 Å². The van der Waals surface area contributed by atoms with Crippen molar-refractivity contribution in [2.24, 2.45) is 0 Å². The molecule has 0 unspecified atom stereocenters. The molecule has 0 N–H and O–H groups in total. The molecule has 11 heavy (non-hydrogen) atoms. The molecule has 0 aliphatic carbocycles. The van der Waals surface area contributed by atoms with Crippen molar-refractivity contribution < 1.29 is 9.47 Å². The zero-order valence-corrected chi connectivity index (χ0v) is 5.83. The fourth-order valence-electron chi connectivity index (χ4n) is 0.594. The minimum absolute atomic E-state index is 0. The van der Waals surface area contributed by atoms with Gasteiger partial charge in [-0.15, -0.1) is 0 Å². The number of hydrogen-bond donors (Lipinski definition) is 0. The van der Waals surface area contributed by atoms with E-state index in [-0.39, 0.29) is 25.7 Å². The molecule has 2 nitrogen and oxygen atoms in total. The Labute approximate surface area is 78.7 Å². The fourth-order valence-corrected chi connectivity index (χ4v) is 0.594. The van der Waals surface area contributed by atoms with Gasteiger partial charge in [-0.2, -0.15) is 0 Å². The molecule has 1 aromatic carbocycles. The zero-order valence-electron chi connectivity index (χ0n) is 5.83. The molecule has 0 aromatic heterocycles. The van der Waals surface area contributed by atoms with E-state index in [9.17, 15) is 0 Å². The van der Waals surface area contributed by atoms with Crippen LogP contribution < -0.4 is 4.74 Å². The van der Waals surface area contributed by atoms with E-state index in [1.807, 2.05) is 18.2 Å². The van der Waals surface area contributed by atoms with Crippen LogP contribution in [0.25, 0.3) is 0 Å². The van der Waals surface area contributed by atoms with Crippen LogP contribution in [0.5, 0.6) is 5.75 Å². The Balaban J connectivity index is 0.000001000. The van der Waals surface area contributed by atoms with Crippen LogP contribution in [-0.4, -0.2) is 32.8 Å². The van der Waals surface area contributed by atoms with E-state index in [0.29, 0.717) is 0 Å². The quantitative estimate of drug-likeness (QED) is 0.463. The Morgan fingerprint density at radius 2 is 2.36 bits per heavy atom. The number of ether oxygens (including phenoxy) is 2. The van der Waals surface area contributed by atoms with Crippen molar-refractivity contribution in [3.05, 3.63) is 30.3 Å². The van der Waals surface area contributed by atoms with Crippen LogP contribution in [0.1, 0.15) is 0 Å². The molecule has 1 radical (unpaired) electrons. The van der Waals surface area contributed by atoms with E-state index in [1.54, 1.807) is 13.2 Å². The number of methoxy groups -OCH3 is 1. The van der Waals surface area contributed by atoms with Gasteiger partial charge in [-0.3, -0.25) is 0 Å². The predicted octanol–water partition coefficient (Wildman–Crippen LogP) is 0.821. The summed E-state index contributed by atoms with van der Waals surface area (Å²) in [5.74, 6) is 0.782. The molecule has 0 saturated heterocycles. The molecule has 1 rings (SSSR count). The first kappa shape index (κ1) is 10.6. The minimum atomic E-state index is 0. The van der Waals surface area contributed by atoms with Crippen LogP contribution in [-0.2, 0) is 4.74 Å². The predicted molar refractivity (Wildman–Crippen MR) is 44.9 cm³/mol. The molecule has 1 aromatic rings. The molecule has 3 heteroatoms. The van der Waals surface area contributed by atoms with E-state index in [0.717, 1.165) is 5.75 Å². The summed E-state index contributed by atoms with van der Waals surface area (Å²) in [7, 11) is 1.59. The van der Waals surface area contributed by atoms with Crippen LogP contribution in [0.2, 0.25) is 0 Å². The summed E-state index contributed by atoms with van der Waals surface area (Å²) in [6.07, 6.45) is 0. The summed E-state index contributed by atoms with van der Waals surface area (Å²) in [5, 5.41) is 0. The van der Waals surface area contributed by atoms with Crippen LogP contribution in [0.3, 0.4) is 0 Å². The Hall–Kier alpha value is -0.423. The molecule has 0 aliphatic heterocycles. The Kier molecular flexibility index (Phi) is 6.06. The van der Waals surface area contributed by atoms with Gasteiger partial charge >= 0.3 is 18.9 Å². The third-order valence-corrected chi connectivity index (χ3v) is 1.02. The Morgan fingerprint density at radius 3 is 2.91 bits per heavy atom. The fraction of sp³-hybridized carbons (Fsp3) is 0.250. The van der Waals surface area contributed by atoms with Crippen molar-refractivity contribution in [3.8, 4) is 5.75 Å². The van der Waals surface area contributed by atoms with E-state index >= 15 is 0 Å². The SMILES string of the molecule is COCOc1c[c]ccc1.[LiH]. The number of rotatable bonds is 3. The summed E-state index contributed by atoms with van der Waals surface area (Å²) < 4.78 is 9.81. The Morgan fingerprint density at radius 1 is 1.55 bits per heavy atom. The number of benzene rings is 1. The second-order valence-corrected chi connectivity index (χ2v) is 1.79. The average molecular weight is 145 g/mol. The molecular weight excluding hydrogens is 135 g/mol. The molecule has 0 aliphatic rings. The maximum atomic E-state index is 5.10. The van der Waals surface area contributed by atoms with Crippen molar-refractivity contribution in [2.45, 2.75) is 0 Å². The van der Waals surface area contributed by atoms with Gasteiger partial charge in [0.25, 0.3) is 0 Å². The molecule has 0 saturated carbocycles. The normalized spacial score (nSPS) is 8.45. The maximum absolute atomic E-state index is 5.10. The second-order valence-electron chi connectivity index (χ2n) is 1.79. The van der Waals surface area contributed by atoms with E-state index in [2.05, 4.69) is 6.07 Å². The van der Waals surface area contributed by atoms with Gasteiger partial charge < -0.3 is 9.47 Å². The van der Waals surface area contributed by atoms with Crippen molar-refractivity contribution >= 4 is 18.9 Å². The van der Waals surface area contributed by atoms with Crippen molar-refractivity contribution in [1.29, 1.82) is 0 Å². The van der Waals surface area contributed by atoms with Gasteiger partial charge in [0.1, 0.15) is 5.75 Å². The Bertz CT molecular complexity index is 177. The van der Waals surface area contributed by atoms with Crippen LogP contribution in [0, 0.1) is 6.07 Å². The van der Waals surface area contributed by atoms with E-state index < -0.39 is 0 Å². The summed E-state index contributed by atoms with van der Waals surface area (Å²) >= 11 is 0. The van der Waals surface area contributed by atoms with Gasteiger partial charge in [-0.05, 0) is 18.2 Å². The number of hydrogen-bond acceptors (Lipinski definition) is 2. The van der Waals surface area contributed by atoms with E-state index in [4.69, 9.17) is 9.47 Å². The molecule has 0 bridgehead atoms. The molecule has 0 spiro atoms. The van der Waals surface area contributed by atoms with Crippen molar-refractivity contribution in [2.75, 3.05) is 13.9 Å². The third kappa shape index (κ3) is 4.10. The molecule has 0 fully saturated rings. The monoisotopic (exact) mass is 145 g/mol. The molecule has 0 amide bonds. The van der Waals surface area contributed by atoms with Gasteiger partial charge in [0, 0.05) is 7.11 Å². The van der Waals surface area contributed by atoms with Gasteiger partial charge in [-0.1, -0.05) is 12.1 Å². The van der Waals surface area contributed by atoms with Crippen LogP contribution >= 0.6 is 0 Å². The van der Waals surface area contributed by atoms with Crippen molar-refractivity contribution in [1.82, 2.24) is 0 Å². The summed E-state index contributed by atoms with van der Waals surface area (Å²) in [5.41, 5.74) is 0.